The Morgan fingerprint density at radius 3 is 3.29 bits per heavy atom. The van der Waals surface area contributed by atoms with Crippen molar-refractivity contribution in [1.82, 2.24) is 15.5 Å². The molecule has 0 bridgehead atoms. The molecule has 3 N–H and O–H groups in total. The van der Waals surface area contributed by atoms with E-state index in [4.69, 9.17) is 0 Å². The summed E-state index contributed by atoms with van der Waals surface area (Å²) >= 11 is 1.73. The first kappa shape index (κ1) is 10.6. The molecule has 1 aliphatic rings. The summed E-state index contributed by atoms with van der Waals surface area (Å²) in [5, 5.41) is 13.9. The van der Waals surface area contributed by atoms with Crippen LogP contribution in [0.3, 0.4) is 0 Å². The predicted molar refractivity (Wildman–Crippen MR) is 69.0 cm³/mol. The summed E-state index contributed by atoms with van der Waals surface area (Å²) in [5.41, 5.74) is 1.65. The first-order valence-corrected chi connectivity index (χ1v) is 6.54. The molecule has 1 aromatic carbocycles. The summed E-state index contributed by atoms with van der Waals surface area (Å²) in [7, 11) is 0. The molecule has 1 aliphatic heterocycles. The number of rotatable bonds is 2. The number of H-pyrrole nitrogens is 1. The maximum absolute atomic E-state index is 12.0. The van der Waals surface area contributed by atoms with E-state index in [0.717, 1.165) is 28.2 Å². The Kier molecular flexibility index (Phi) is 2.74. The summed E-state index contributed by atoms with van der Waals surface area (Å²) in [6.07, 6.45) is 1.74. The summed E-state index contributed by atoms with van der Waals surface area (Å²) in [5.74, 6) is 1.68. The zero-order valence-corrected chi connectivity index (χ0v) is 9.88. The van der Waals surface area contributed by atoms with E-state index >= 15 is 0 Å². The molecule has 1 fully saturated rings. The molecule has 88 valence electrons. The van der Waals surface area contributed by atoms with E-state index in [2.05, 4.69) is 20.8 Å². The van der Waals surface area contributed by atoms with Gasteiger partial charge in [-0.05, 0) is 6.07 Å². The Morgan fingerprint density at radius 2 is 2.47 bits per heavy atom. The van der Waals surface area contributed by atoms with E-state index in [-0.39, 0.29) is 11.9 Å². The number of para-hydroxylation sites is 1. The second-order valence-corrected chi connectivity index (χ2v) is 4.93. The quantitative estimate of drug-likeness (QED) is 0.746. The van der Waals surface area contributed by atoms with Crippen LogP contribution in [-0.4, -0.2) is 33.8 Å². The van der Waals surface area contributed by atoms with E-state index in [1.54, 1.807) is 18.0 Å². The van der Waals surface area contributed by atoms with Gasteiger partial charge in [-0.15, -0.1) is 11.8 Å². The second kappa shape index (κ2) is 4.38. The van der Waals surface area contributed by atoms with Gasteiger partial charge in [-0.25, -0.2) is 0 Å². The van der Waals surface area contributed by atoms with Crippen LogP contribution in [0.4, 0.5) is 5.69 Å². The van der Waals surface area contributed by atoms with Gasteiger partial charge in [0.2, 0.25) is 5.91 Å². The number of benzene rings is 1. The van der Waals surface area contributed by atoms with Gasteiger partial charge in [-0.1, -0.05) is 12.1 Å². The van der Waals surface area contributed by atoms with Crippen LogP contribution in [0.5, 0.6) is 0 Å². The Hall–Kier alpha value is -1.53. The van der Waals surface area contributed by atoms with Gasteiger partial charge >= 0.3 is 0 Å². The molecule has 1 unspecified atom stereocenters. The first-order chi connectivity index (χ1) is 8.34. The molecule has 5 nitrogen and oxygen atoms in total. The molecule has 0 radical (unpaired) electrons. The number of amides is 1. The summed E-state index contributed by atoms with van der Waals surface area (Å²) in [6, 6.07) is 5.64. The van der Waals surface area contributed by atoms with Crippen molar-refractivity contribution in [1.29, 1.82) is 0 Å². The molecule has 2 heterocycles. The number of hydrogen-bond donors (Lipinski definition) is 3. The highest BCUT2D eigenvalue weighted by molar-refractivity contribution is 7.99. The molecule has 0 saturated carbocycles. The van der Waals surface area contributed by atoms with Gasteiger partial charge < -0.3 is 5.32 Å². The largest absolute Gasteiger partial charge is 0.323 e. The van der Waals surface area contributed by atoms with Crippen molar-refractivity contribution in [2.75, 3.05) is 16.9 Å². The lowest BCUT2D eigenvalue weighted by Gasteiger charge is -2.10. The van der Waals surface area contributed by atoms with E-state index in [1.165, 1.54) is 0 Å². The lowest BCUT2D eigenvalue weighted by atomic mass is 10.2. The monoisotopic (exact) mass is 248 g/mol. The standard InChI is InChI=1S/C11H12N4OS/c16-11(9-5-17-6-12-9)14-8-3-1-2-7-4-13-15-10(7)8/h1-4,9,12H,5-6H2,(H,13,15)(H,14,16). The van der Waals surface area contributed by atoms with E-state index in [0.29, 0.717) is 0 Å². The van der Waals surface area contributed by atoms with Crippen LogP contribution in [0, 0.1) is 0 Å². The Morgan fingerprint density at radius 1 is 1.53 bits per heavy atom. The number of thioether (sulfide) groups is 1. The SMILES string of the molecule is O=C(Nc1cccc2cn[nH]c12)C1CSCN1. The third-order valence-electron chi connectivity index (χ3n) is 2.77. The number of hydrogen-bond acceptors (Lipinski definition) is 4. The van der Waals surface area contributed by atoms with Gasteiger partial charge in [0, 0.05) is 17.0 Å². The van der Waals surface area contributed by atoms with E-state index < -0.39 is 0 Å². The summed E-state index contributed by atoms with van der Waals surface area (Å²) in [4.78, 5) is 12.0. The number of carbonyl (C=O) groups excluding carboxylic acids is 1. The molecule has 0 aliphatic carbocycles. The lowest BCUT2D eigenvalue weighted by Crippen LogP contribution is -2.37. The molecule has 2 aromatic rings. The topological polar surface area (TPSA) is 69.8 Å². The van der Waals surface area contributed by atoms with Gasteiger partial charge in [0.1, 0.15) is 0 Å². The number of nitrogens with one attached hydrogen (secondary N) is 3. The molecule has 6 heteroatoms. The molecule has 3 rings (SSSR count). The molecular weight excluding hydrogens is 236 g/mol. The molecule has 1 amide bonds. The second-order valence-electron chi connectivity index (χ2n) is 3.90. The van der Waals surface area contributed by atoms with Crippen molar-refractivity contribution in [3.05, 3.63) is 24.4 Å². The van der Waals surface area contributed by atoms with Gasteiger partial charge in [0.25, 0.3) is 0 Å². The Labute approximate surface area is 102 Å². The van der Waals surface area contributed by atoms with Crippen molar-refractivity contribution in [3.63, 3.8) is 0 Å². The lowest BCUT2D eigenvalue weighted by molar-refractivity contribution is -0.117. The Balaban J connectivity index is 1.84. The minimum absolute atomic E-state index is 0.0112. The smallest absolute Gasteiger partial charge is 0.242 e. The minimum Gasteiger partial charge on any atom is -0.323 e. The van der Waals surface area contributed by atoms with Crippen LogP contribution in [0.15, 0.2) is 24.4 Å². The number of aromatic nitrogens is 2. The van der Waals surface area contributed by atoms with Gasteiger partial charge in [-0.2, -0.15) is 5.10 Å². The average molecular weight is 248 g/mol. The zero-order chi connectivity index (χ0) is 11.7. The van der Waals surface area contributed by atoms with Crippen LogP contribution in [0.1, 0.15) is 0 Å². The van der Waals surface area contributed by atoms with E-state index in [9.17, 15) is 4.79 Å². The summed E-state index contributed by atoms with van der Waals surface area (Å²) < 4.78 is 0. The minimum atomic E-state index is -0.0989. The third kappa shape index (κ3) is 2.01. The highest BCUT2D eigenvalue weighted by Crippen LogP contribution is 2.21. The van der Waals surface area contributed by atoms with Crippen LogP contribution >= 0.6 is 11.8 Å². The normalized spacial score (nSPS) is 19.6. The van der Waals surface area contributed by atoms with Gasteiger partial charge in [0.15, 0.2) is 0 Å². The van der Waals surface area contributed by atoms with Crippen LogP contribution in [0.25, 0.3) is 10.9 Å². The molecule has 1 atom stereocenters. The van der Waals surface area contributed by atoms with Crippen LogP contribution < -0.4 is 10.6 Å². The van der Waals surface area contributed by atoms with E-state index in [1.807, 2.05) is 18.2 Å². The first-order valence-electron chi connectivity index (χ1n) is 5.39. The van der Waals surface area contributed by atoms with Crippen LogP contribution in [0.2, 0.25) is 0 Å². The number of fused-ring (bicyclic) bond motifs is 1. The Bertz CT molecular complexity index is 547. The molecule has 1 saturated heterocycles. The summed E-state index contributed by atoms with van der Waals surface area (Å²) in [6.45, 7) is 0. The maximum atomic E-state index is 12.0. The fourth-order valence-corrected chi connectivity index (χ4v) is 2.80. The fourth-order valence-electron chi connectivity index (χ4n) is 1.86. The number of nitrogens with zero attached hydrogens (tertiary/aromatic N) is 1. The zero-order valence-electron chi connectivity index (χ0n) is 9.06. The molecule has 0 spiro atoms. The molecular formula is C11H12N4OS. The predicted octanol–water partition coefficient (Wildman–Crippen LogP) is 1.16. The van der Waals surface area contributed by atoms with Crippen molar-refractivity contribution >= 4 is 34.3 Å². The molecule has 17 heavy (non-hydrogen) atoms. The van der Waals surface area contributed by atoms with Gasteiger partial charge in [0.05, 0.1) is 23.4 Å². The van der Waals surface area contributed by atoms with Crippen molar-refractivity contribution in [3.8, 4) is 0 Å². The highest BCUT2D eigenvalue weighted by Gasteiger charge is 2.22. The van der Waals surface area contributed by atoms with Crippen molar-refractivity contribution in [2.24, 2.45) is 0 Å². The number of aromatic amines is 1. The fraction of sp³-hybridized carbons (Fsp3) is 0.273. The number of anilines is 1. The van der Waals surface area contributed by atoms with Crippen molar-refractivity contribution < 1.29 is 4.79 Å². The molecule has 1 aromatic heterocycles. The van der Waals surface area contributed by atoms with Crippen LogP contribution in [-0.2, 0) is 4.79 Å². The van der Waals surface area contributed by atoms with Crippen molar-refractivity contribution in [2.45, 2.75) is 6.04 Å². The highest BCUT2D eigenvalue weighted by atomic mass is 32.2. The van der Waals surface area contributed by atoms with Gasteiger partial charge in [-0.3, -0.25) is 15.2 Å². The third-order valence-corrected chi connectivity index (χ3v) is 3.71. The number of carbonyl (C=O) groups is 1. The maximum Gasteiger partial charge on any atom is 0.242 e. The average Bonchev–Trinajstić information content (AvgIpc) is 3.00.